The van der Waals surface area contributed by atoms with Crippen LogP contribution in [-0.2, 0) is 0 Å². The van der Waals surface area contributed by atoms with E-state index < -0.39 is 11.9 Å². The smallest absolute Gasteiger partial charge is 0.335 e. The minimum Gasteiger partial charge on any atom is -0.478 e. The minimum atomic E-state index is -1.13. The second kappa shape index (κ2) is 5.61. The van der Waals surface area contributed by atoms with E-state index in [4.69, 9.17) is 0 Å². The van der Waals surface area contributed by atoms with Gasteiger partial charge in [0.1, 0.15) is 0 Å². The Balaban J connectivity index is 1.75. The molecule has 4 aliphatic rings. The number of hydrogen-bond acceptors (Lipinski definition) is 2. The summed E-state index contributed by atoms with van der Waals surface area (Å²) in [6, 6.07) is 4.15. The van der Waals surface area contributed by atoms with E-state index in [-0.39, 0.29) is 22.0 Å². The molecule has 1 aromatic carbocycles. The molecule has 1 aromatic rings. The normalized spacial score (nSPS) is 33.4. The molecule has 0 amide bonds. The maximum Gasteiger partial charge on any atom is 0.335 e. The van der Waals surface area contributed by atoms with E-state index in [0.717, 1.165) is 24.7 Å². The highest BCUT2D eigenvalue weighted by molar-refractivity contribution is 5.94. The van der Waals surface area contributed by atoms with Crippen molar-refractivity contribution in [1.29, 1.82) is 0 Å². The molecule has 2 unspecified atom stereocenters. The molecule has 2 atom stereocenters. The fourth-order valence-corrected chi connectivity index (χ4v) is 5.87. The molecule has 0 aliphatic heterocycles. The van der Waals surface area contributed by atoms with Crippen molar-refractivity contribution in [2.75, 3.05) is 0 Å². The van der Waals surface area contributed by atoms with Gasteiger partial charge in [0.2, 0.25) is 0 Å². The number of rotatable bonds is 2. The molecule has 0 radical (unpaired) electrons. The molecular formula is C22H24O4. The molecule has 0 saturated heterocycles. The fourth-order valence-electron chi connectivity index (χ4n) is 5.87. The highest BCUT2D eigenvalue weighted by Gasteiger charge is 2.60. The number of hydrogen-bond donors (Lipinski definition) is 2. The number of carboxylic acids is 2. The van der Waals surface area contributed by atoms with Crippen molar-refractivity contribution in [3.8, 4) is 11.8 Å². The number of aromatic carboxylic acids is 2. The fraction of sp³-hybridized carbons (Fsp3) is 0.545. The Kier molecular flexibility index (Phi) is 3.70. The van der Waals surface area contributed by atoms with Gasteiger partial charge in [-0.25, -0.2) is 9.59 Å². The Bertz CT molecular complexity index is 808. The van der Waals surface area contributed by atoms with E-state index in [2.05, 4.69) is 25.7 Å². The van der Waals surface area contributed by atoms with E-state index in [1.54, 1.807) is 0 Å². The van der Waals surface area contributed by atoms with Crippen molar-refractivity contribution in [1.82, 2.24) is 0 Å². The monoisotopic (exact) mass is 352 g/mol. The summed E-state index contributed by atoms with van der Waals surface area (Å²) >= 11 is 0. The molecule has 0 heterocycles. The van der Waals surface area contributed by atoms with Crippen LogP contribution in [-0.4, -0.2) is 22.2 Å². The highest BCUT2D eigenvalue weighted by atomic mass is 16.4. The summed E-state index contributed by atoms with van der Waals surface area (Å²) in [5, 5.41) is 18.5. The van der Waals surface area contributed by atoms with Gasteiger partial charge < -0.3 is 10.2 Å². The average molecular weight is 352 g/mol. The quantitative estimate of drug-likeness (QED) is 0.779. The molecule has 5 rings (SSSR count). The van der Waals surface area contributed by atoms with E-state index in [1.807, 2.05) is 0 Å². The molecule has 4 heteroatoms. The van der Waals surface area contributed by atoms with Crippen LogP contribution in [0.4, 0.5) is 0 Å². The summed E-state index contributed by atoms with van der Waals surface area (Å²) in [5.74, 6) is 6.66. The molecule has 4 bridgehead atoms. The van der Waals surface area contributed by atoms with Crippen LogP contribution in [0.3, 0.4) is 0 Å². The summed E-state index contributed by atoms with van der Waals surface area (Å²) in [6.07, 6.45) is 6.18. The van der Waals surface area contributed by atoms with Crippen molar-refractivity contribution in [3.63, 3.8) is 0 Å². The van der Waals surface area contributed by atoms with Gasteiger partial charge in [0.05, 0.1) is 11.1 Å². The highest BCUT2D eigenvalue weighted by Crippen LogP contribution is 2.68. The third-order valence-electron chi connectivity index (χ3n) is 7.30. The van der Waals surface area contributed by atoms with Gasteiger partial charge in [0.15, 0.2) is 0 Å². The molecular weight excluding hydrogens is 328 g/mol. The van der Waals surface area contributed by atoms with Crippen LogP contribution < -0.4 is 0 Å². The van der Waals surface area contributed by atoms with Gasteiger partial charge in [-0.15, -0.1) is 0 Å². The molecule has 4 fully saturated rings. The van der Waals surface area contributed by atoms with Crippen molar-refractivity contribution < 1.29 is 19.8 Å². The number of benzene rings is 1. The maximum absolute atomic E-state index is 11.3. The van der Waals surface area contributed by atoms with Crippen LogP contribution in [0, 0.1) is 40.4 Å². The topological polar surface area (TPSA) is 74.6 Å². The Morgan fingerprint density at radius 3 is 2.00 bits per heavy atom. The molecule has 2 N–H and O–H groups in total. The second-order valence-electron chi connectivity index (χ2n) is 9.01. The molecule has 4 nitrogen and oxygen atoms in total. The third-order valence-corrected chi connectivity index (χ3v) is 7.30. The first-order valence-corrected chi connectivity index (χ1v) is 9.35. The lowest BCUT2D eigenvalue weighted by Gasteiger charge is -2.64. The summed E-state index contributed by atoms with van der Waals surface area (Å²) in [6.45, 7) is 4.67. The van der Waals surface area contributed by atoms with Crippen molar-refractivity contribution in [2.24, 2.45) is 28.6 Å². The van der Waals surface area contributed by atoms with Crippen molar-refractivity contribution >= 4 is 11.9 Å². The molecule has 0 aromatic heterocycles. The van der Waals surface area contributed by atoms with Crippen LogP contribution in [0.1, 0.15) is 72.2 Å². The van der Waals surface area contributed by atoms with Gasteiger partial charge in [0.25, 0.3) is 0 Å². The lowest BCUT2D eigenvalue weighted by Crippen LogP contribution is -2.56. The van der Waals surface area contributed by atoms with Crippen LogP contribution in [0.2, 0.25) is 0 Å². The predicted molar refractivity (Wildman–Crippen MR) is 97.0 cm³/mol. The van der Waals surface area contributed by atoms with Crippen molar-refractivity contribution in [3.05, 3.63) is 34.9 Å². The Hall–Kier alpha value is -2.28. The lowest BCUT2D eigenvalue weighted by molar-refractivity contribution is -0.127. The summed E-state index contributed by atoms with van der Waals surface area (Å²) < 4.78 is 0. The van der Waals surface area contributed by atoms with Gasteiger partial charge >= 0.3 is 11.9 Å². The van der Waals surface area contributed by atoms with Crippen molar-refractivity contribution in [2.45, 2.75) is 46.0 Å². The average Bonchev–Trinajstić information content (AvgIpc) is 2.57. The SMILES string of the molecule is CC1(C)C2CC3CC(C2)CC1(C#Cc1cc(C(=O)O)cc(C(=O)O)c1)C3. The molecule has 136 valence electrons. The van der Waals surface area contributed by atoms with E-state index in [1.165, 1.54) is 37.5 Å². The number of carboxylic acid groups (broad SMARTS) is 2. The summed E-state index contributed by atoms with van der Waals surface area (Å²) in [7, 11) is 0. The van der Waals surface area contributed by atoms with Crippen LogP contribution in [0.25, 0.3) is 0 Å². The summed E-state index contributed by atoms with van der Waals surface area (Å²) in [4.78, 5) is 22.6. The molecule has 4 saturated carbocycles. The second-order valence-corrected chi connectivity index (χ2v) is 9.01. The zero-order chi connectivity index (χ0) is 18.7. The number of carbonyl (C=O) groups is 2. The lowest BCUT2D eigenvalue weighted by atomic mass is 9.40. The maximum atomic E-state index is 11.3. The van der Waals surface area contributed by atoms with Gasteiger partial charge in [-0.05, 0) is 73.5 Å². The Morgan fingerprint density at radius 1 is 0.962 bits per heavy atom. The van der Waals surface area contributed by atoms with Gasteiger partial charge in [-0.3, -0.25) is 0 Å². The van der Waals surface area contributed by atoms with Gasteiger partial charge in [-0.1, -0.05) is 25.7 Å². The Labute approximate surface area is 153 Å². The van der Waals surface area contributed by atoms with E-state index >= 15 is 0 Å². The van der Waals surface area contributed by atoms with E-state index in [9.17, 15) is 19.8 Å². The van der Waals surface area contributed by atoms with Gasteiger partial charge in [0, 0.05) is 11.0 Å². The predicted octanol–water partition coefficient (Wildman–Crippen LogP) is 4.29. The van der Waals surface area contributed by atoms with E-state index in [0.29, 0.717) is 11.5 Å². The zero-order valence-corrected chi connectivity index (χ0v) is 15.2. The molecule has 0 spiro atoms. The standard InChI is InChI=1S/C22H24O4/c1-21(2)18-8-14-5-15(9-18)12-22(21,11-14)4-3-13-6-16(19(23)24)10-17(7-13)20(25)26/h6-7,10,14-15,18H,5,8-9,11-12H2,1-2H3,(H,23,24)(H,25,26). The van der Waals surface area contributed by atoms with Crippen LogP contribution in [0.15, 0.2) is 18.2 Å². The first-order valence-electron chi connectivity index (χ1n) is 9.35. The van der Waals surface area contributed by atoms with Gasteiger partial charge in [-0.2, -0.15) is 0 Å². The molecule has 26 heavy (non-hydrogen) atoms. The zero-order valence-electron chi connectivity index (χ0n) is 15.2. The first-order chi connectivity index (χ1) is 12.2. The first kappa shape index (κ1) is 17.1. The van der Waals surface area contributed by atoms with Crippen LogP contribution in [0.5, 0.6) is 0 Å². The largest absolute Gasteiger partial charge is 0.478 e. The minimum absolute atomic E-state index is 0.0287. The van der Waals surface area contributed by atoms with Crippen LogP contribution >= 0.6 is 0 Å². The Morgan fingerprint density at radius 2 is 1.50 bits per heavy atom. The molecule has 4 aliphatic carbocycles. The third kappa shape index (κ3) is 2.53. The summed E-state index contributed by atoms with van der Waals surface area (Å²) in [5.41, 5.74) is 0.532.